The van der Waals surface area contributed by atoms with E-state index in [4.69, 9.17) is 4.74 Å². The van der Waals surface area contributed by atoms with Gasteiger partial charge in [0.15, 0.2) is 0 Å². The molecule has 1 aliphatic heterocycles. The van der Waals surface area contributed by atoms with Crippen LogP contribution in [0.1, 0.15) is 45.2 Å². The molecule has 24 heavy (non-hydrogen) atoms. The Morgan fingerprint density at radius 2 is 2.00 bits per heavy atom. The lowest BCUT2D eigenvalue weighted by Crippen LogP contribution is -2.50. The molecule has 1 fully saturated rings. The van der Waals surface area contributed by atoms with Gasteiger partial charge < -0.3 is 15.0 Å². The first-order valence-electron chi connectivity index (χ1n) is 8.70. The van der Waals surface area contributed by atoms with E-state index >= 15 is 0 Å². The molecule has 1 N–H and O–H groups in total. The second-order valence-electron chi connectivity index (χ2n) is 6.83. The Morgan fingerprint density at radius 1 is 1.29 bits per heavy atom. The maximum atomic E-state index is 12.6. The number of benzene rings is 1. The molecule has 1 aromatic rings. The Balaban J connectivity index is 1.95. The normalized spacial score (nSPS) is 20.9. The van der Waals surface area contributed by atoms with Gasteiger partial charge in [0.25, 0.3) is 0 Å². The average molecular weight is 332 g/mol. The lowest BCUT2D eigenvalue weighted by Gasteiger charge is -2.39. The fraction of sp³-hybridized carbons (Fsp3) is 0.579. The van der Waals surface area contributed by atoms with Gasteiger partial charge in [-0.3, -0.25) is 9.59 Å². The van der Waals surface area contributed by atoms with E-state index in [1.807, 2.05) is 42.2 Å². The van der Waals surface area contributed by atoms with Crippen LogP contribution in [-0.2, 0) is 14.3 Å². The molecule has 2 rings (SSSR count). The van der Waals surface area contributed by atoms with Crippen molar-refractivity contribution in [3.63, 3.8) is 0 Å². The summed E-state index contributed by atoms with van der Waals surface area (Å²) in [5, 5.41) is 2.75. The molecule has 132 valence electrons. The van der Waals surface area contributed by atoms with Gasteiger partial charge in [-0.05, 0) is 24.8 Å². The maximum Gasteiger partial charge on any atom is 0.242 e. The van der Waals surface area contributed by atoms with E-state index in [1.165, 1.54) is 0 Å². The van der Waals surface area contributed by atoms with Crippen LogP contribution in [0.5, 0.6) is 0 Å². The highest BCUT2D eigenvalue weighted by Gasteiger charge is 2.31. The number of ether oxygens (including phenoxy) is 1. The Kier molecular flexibility index (Phi) is 6.79. The molecular weight excluding hydrogens is 304 g/mol. The molecule has 0 aliphatic carbocycles. The van der Waals surface area contributed by atoms with Crippen molar-refractivity contribution in [2.45, 2.75) is 45.8 Å². The van der Waals surface area contributed by atoms with Crippen molar-refractivity contribution in [3.8, 4) is 0 Å². The van der Waals surface area contributed by atoms with Crippen molar-refractivity contribution < 1.29 is 14.3 Å². The maximum absolute atomic E-state index is 12.6. The molecule has 1 aliphatic rings. The molecule has 2 atom stereocenters. The lowest BCUT2D eigenvalue weighted by molar-refractivity contribution is -0.144. The second kappa shape index (κ2) is 8.83. The van der Waals surface area contributed by atoms with Gasteiger partial charge in [-0.15, -0.1) is 0 Å². The number of nitrogens with one attached hydrogen (secondary N) is 1. The molecule has 5 heteroatoms. The van der Waals surface area contributed by atoms with Crippen LogP contribution in [0.4, 0.5) is 0 Å². The first-order valence-corrected chi connectivity index (χ1v) is 8.70. The average Bonchev–Trinajstić information content (AvgIpc) is 2.58. The van der Waals surface area contributed by atoms with Crippen LogP contribution in [0, 0.1) is 5.92 Å². The number of morpholine rings is 1. The van der Waals surface area contributed by atoms with Crippen molar-refractivity contribution in [2.75, 3.05) is 19.7 Å². The molecule has 0 aromatic heterocycles. The minimum atomic E-state index is -0.0949. The summed E-state index contributed by atoms with van der Waals surface area (Å²) in [5.74, 6) is 0.362. The molecular formula is C19H28N2O3. The van der Waals surface area contributed by atoms with Crippen LogP contribution in [0.3, 0.4) is 0 Å². The minimum Gasteiger partial charge on any atom is -0.374 e. The highest BCUT2D eigenvalue weighted by atomic mass is 16.5. The van der Waals surface area contributed by atoms with Crippen LogP contribution < -0.4 is 5.32 Å². The van der Waals surface area contributed by atoms with Gasteiger partial charge in [-0.1, -0.05) is 44.2 Å². The SMILES string of the molecule is CC(C)CCC(=O)NCC(=O)N1C[C@@H](C)OC[C@H]1c1ccccc1. The summed E-state index contributed by atoms with van der Waals surface area (Å²) in [6, 6.07) is 9.80. The highest BCUT2D eigenvalue weighted by molar-refractivity contribution is 5.85. The van der Waals surface area contributed by atoms with Crippen molar-refractivity contribution in [3.05, 3.63) is 35.9 Å². The van der Waals surface area contributed by atoms with Crippen LogP contribution in [0.25, 0.3) is 0 Å². The Morgan fingerprint density at radius 3 is 2.67 bits per heavy atom. The Bertz CT molecular complexity index is 545. The monoisotopic (exact) mass is 332 g/mol. The largest absolute Gasteiger partial charge is 0.374 e. The zero-order valence-corrected chi connectivity index (χ0v) is 14.8. The van der Waals surface area contributed by atoms with Gasteiger partial charge in [0.2, 0.25) is 11.8 Å². The van der Waals surface area contributed by atoms with E-state index in [-0.39, 0.29) is 30.5 Å². The summed E-state index contributed by atoms with van der Waals surface area (Å²) < 4.78 is 5.73. The zero-order chi connectivity index (χ0) is 17.5. The Labute approximate surface area is 144 Å². The van der Waals surface area contributed by atoms with E-state index in [2.05, 4.69) is 19.2 Å². The summed E-state index contributed by atoms with van der Waals surface area (Å²) in [4.78, 5) is 26.3. The second-order valence-corrected chi connectivity index (χ2v) is 6.83. The molecule has 0 radical (unpaired) electrons. The Hall–Kier alpha value is -1.88. The van der Waals surface area contributed by atoms with Crippen molar-refractivity contribution in [2.24, 2.45) is 5.92 Å². The highest BCUT2D eigenvalue weighted by Crippen LogP contribution is 2.26. The summed E-state index contributed by atoms with van der Waals surface area (Å²) in [6.45, 7) is 7.20. The predicted octanol–water partition coefficient (Wildman–Crippen LogP) is 2.53. The van der Waals surface area contributed by atoms with Crippen LogP contribution in [0.2, 0.25) is 0 Å². The quantitative estimate of drug-likeness (QED) is 0.871. The number of amides is 2. The lowest BCUT2D eigenvalue weighted by atomic mass is 10.0. The fourth-order valence-corrected chi connectivity index (χ4v) is 2.81. The van der Waals surface area contributed by atoms with Crippen molar-refractivity contribution in [1.29, 1.82) is 0 Å². The molecule has 2 amide bonds. The first kappa shape index (κ1) is 18.5. The van der Waals surface area contributed by atoms with Gasteiger partial charge in [0, 0.05) is 13.0 Å². The molecule has 1 aromatic carbocycles. The third kappa shape index (κ3) is 5.34. The number of carbonyl (C=O) groups excluding carboxylic acids is 2. The van der Waals surface area contributed by atoms with E-state index in [0.29, 0.717) is 25.5 Å². The molecule has 0 saturated carbocycles. The molecule has 1 heterocycles. The van der Waals surface area contributed by atoms with Gasteiger partial charge in [-0.25, -0.2) is 0 Å². The van der Waals surface area contributed by atoms with Gasteiger partial charge in [0.1, 0.15) is 0 Å². The molecule has 1 saturated heterocycles. The molecule has 0 unspecified atom stereocenters. The molecule has 5 nitrogen and oxygen atoms in total. The first-order chi connectivity index (χ1) is 11.5. The summed E-state index contributed by atoms with van der Waals surface area (Å²) in [5.41, 5.74) is 1.06. The number of rotatable bonds is 6. The van der Waals surface area contributed by atoms with Gasteiger partial charge in [-0.2, -0.15) is 0 Å². The minimum absolute atomic E-state index is 0.00514. The third-order valence-corrected chi connectivity index (χ3v) is 4.26. The van der Waals surface area contributed by atoms with Crippen LogP contribution in [0.15, 0.2) is 30.3 Å². The third-order valence-electron chi connectivity index (χ3n) is 4.26. The van der Waals surface area contributed by atoms with E-state index in [1.54, 1.807) is 0 Å². The molecule has 0 spiro atoms. The van der Waals surface area contributed by atoms with Gasteiger partial charge >= 0.3 is 0 Å². The summed E-state index contributed by atoms with van der Waals surface area (Å²) in [6.07, 6.45) is 1.30. The van der Waals surface area contributed by atoms with E-state index in [9.17, 15) is 9.59 Å². The predicted molar refractivity (Wildman–Crippen MR) is 93.4 cm³/mol. The fourth-order valence-electron chi connectivity index (χ4n) is 2.81. The van der Waals surface area contributed by atoms with E-state index in [0.717, 1.165) is 12.0 Å². The summed E-state index contributed by atoms with van der Waals surface area (Å²) >= 11 is 0. The van der Waals surface area contributed by atoms with E-state index < -0.39 is 0 Å². The topological polar surface area (TPSA) is 58.6 Å². The zero-order valence-electron chi connectivity index (χ0n) is 14.8. The van der Waals surface area contributed by atoms with Crippen LogP contribution >= 0.6 is 0 Å². The number of hydrogen-bond acceptors (Lipinski definition) is 3. The number of nitrogens with zero attached hydrogens (tertiary/aromatic N) is 1. The van der Waals surface area contributed by atoms with Gasteiger partial charge in [0.05, 0.1) is 25.3 Å². The van der Waals surface area contributed by atoms with Crippen molar-refractivity contribution in [1.82, 2.24) is 10.2 Å². The van der Waals surface area contributed by atoms with Crippen LogP contribution in [-0.4, -0.2) is 42.5 Å². The summed E-state index contributed by atoms with van der Waals surface area (Å²) in [7, 11) is 0. The standard InChI is InChI=1S/C19H28N2O3/c1-14(2)9-10-18(22)20-11-19(23)21-12-15(3)24-13-17(21)16-7-5-4-6-8-16/h4-8,14-15,17H,9-13H2,1-3H3,(H,20,22)/t15-,17+/m1/s1. The smallest absolute Gasteiger partial charge is 0.242 e. The number of carbonyl (C=O) groups is 2. The number of hydrogen-bond donors (Lipinski definition) is 1. The van der Waals surface area contributed by atoms with Crippen molar-refractivity contribution >= 4 is 11.8 Å². The molecule has 0 bridgehead atoms.